The van der Waals surface area contributed by atoms with Gasteiger partial charge in [0.05, 0.1) is 24.3 Å². The minimum Gasteiger partial charge on any atom is -0.462 e. The van der Waals surface area contributed by atoms with Gasteiger partial charge in [-0.1, -0.05) is 48.3 Å². The van der Waals surface area contributed by atoms with Crippen LogP contribution in [0.5, 0.6) is 0 Å². The van der Waals surface area contributed by atoms with Crippen molar-refractivity contribution in [2.75, 3.05) is 18.5 Å². The van der Waals surface area contributed by atoms with Crippen LogP contribution in [0.4, 0.5) is 5.00 Å². The maximum absolute atomic E-state index is 13.0. The molecule has 0 spiro atoms. The van der Waals surface area contributed by atoms with Gasteiger partial charge in [0.25, 0.3) is 0 Å². The lowest BCUT2D eigenvalue weighted by Gasteiger charge is -2.26. The first-order chi connectivity index (χ1) is 15.9. The van der Waals surface area contributed by atoms with E-state index in [1.54, 1.807) is 13.8 Å². The molecule has 174 valence electrons. The number of nitrogens with one attached hydrogen (secondary N) is 2. The number of aryl methyl sites for hydroxylation is 1. The van der Waals surface area contributed by atoms with Gasteiger partial charge in [0.15, 0.2) is 5.82 Å². The standard InChI is InChI=1S/C24H28N4O4S/c1-4-31-22(30)19-15(2)20(17-10-6-5-7-11-17)33-21(19)27-18(29)14-25-24(12-8-9-13-24)23-26-16(3)32-28-23/h5-7,10-11,25H,4,8-9,12-14H2,1-3H3,(H,27,29). The van der Waals surface area contributed by atoms with Crippen LogP contribution >= 0.6 is 11.3 Å². The zero-order valence-corrected chi connectivity index (χ0v) is 19.9. The van der Waals surface area contributed by atoms with Crippen molar-refractivity contribution >= 4 is 28.2 Å². The summed E-state index contributed by atoms with van der Waals surface area (Å²) >= 11 is 1.38. The molecule has 1 aliphatic carbocycles. The molecule has 8 nitrogen and oxygen atoms in total. The molecule has 0 aliphatic heterocycles. The van der Waals surface area contributed by atoms with Crippen molar-refractivity contribution in [1.29, 1.82) is 0 Å². The summed E-state index contributed by atoms with van der Waals surface area (Å²) in [6, 6.07) is 9.80. The normalized spacial score (nSPS) is 14.9. The second kappa shape index (κ2) is 9.84. The van der Waals surface area contributed by atoms with Crippen molar-refractivity contribution in [3.05, 3.63) is 53.2 Å². The second-order valence-corrected chi connectivity index (χ2v) is 9.20. The Labute approximate surface area is 196 Å². The van der Waals surface area contributed by atoms with Gasteiger partial charge in [0, 0.05) is 11.8 Å². The zero-order chi connectivity index (χ0) is 23.4. The summed E-state index contributed by atoms with van der Waals surface area (Å²) in [5, 5.41) is 10.9. The highest BCUT2D eigenvalue weighted by atomic mass is 32.1. The number of amides is 1. The maximum atomic E-state index is 13.0. The maximum Gasteiger partial charge on any atom is 0.341 e. The van der Waals surface area contributed by atoms with Crippen LogP contribution in [0.1, 0.15) is 60.2 Å². The van der Waals surface area contributed by atoms with Gasteiger partial charge in [-0.05, 0) is 37.8 Å². The molecule has 9 heteroatoms. The molecule has 3 aromatic rings. The Morgan fingerprint density at radius 1 is 1.18 bits per heavy atom. The summed E-state index contributed by atoms with van der Waals surface area (Å²) in [6.07, 6.45) is 3.73. The van der Waals surface area contributed by atoms with Crippen molar-refractivity contribution in [2.45, 2.75) is 52.0 Å². The zero-order valence-electron chi connectivity index (χ0n) is 19.1. The summed E-state index contributed by atoms with van der Waals surface area (Å²) in [4.78, 5) is 31.0. The predicted molar refractivity (Wildman–Crippen MR) is 126 cm³/mol. The highest BCUT2D eigenvalue weighted by Crippen LogP contribution is 2.40. The Morgan fingerprint density at radius 3 is 2.55 bits per heavy atom. The molecule has 0 bridgehead atoms. The van der Waals surface area contributed by atoms with E-state index in [2.05, 4.69) is 20.8 Å². The predicted octanol–water partition coefficient (Wildman–Crippen LogP) is 4.59. The molecule has 2 N–H and O–H groups in total. The van der Waals surface area contributed by atoms with Crippen LogP contribution in [0.15, 0.2) is 34.9 Å². The summed E-state index contributed by atoms with van der Waals surface area (Å²) in [7, 11) is 0. The first-order valence-electron chi connectivity index (χ1n) is 11.1. The fraction of sp³-hybridized carbons (Fsp3) is 0.417. The number of hydrogen-bond acceptors (Lipinski definition) is 8. The van der Waals surface area contributed by atoms with Gasteiger partial charge in [-0.2, -0.15) is 4.98 Å². The van der Waals surface area contributed by atoms with Crippen molar-refractivity contribution in [3.8, 4) is 10.4 Å². The monoisotopic (exact) mass is 468 g/mol. The van der Waals surface area contributed by atoms with Gasteiger partial charge in [0.1, 0.15) is 5.00 Å². The number of rotatable bonds is 8. The van der Waals surface area contributed by atoms with E-state index >= 15 is 0 Å². The van der Waals surface area contributed by atoms with Crippen LogP contribution in [-0.4, -0.2) is 35.2 Å². The van der Waals surface area contributed by atoms with Crippen LogP contribution in [0.2, 0.25) is 0 Å². The Hall–Kier alpha value is -3.04. The number of anilines is 1. The van der Waals surface area contributed by atoms with Crippen LogP contribution in [0.3, 0.4) is 0 Å². The Bertz CT molecular complexity index is 1130. The van der Waals surface area contributed by atoms with E-state index in [0.717, 1.165) is 41.7 Å². The van der Waals surface area contributed by atoms with Crippen molar-refractivity contribution in [3.63, 3.8) is 0 Å². The molecular formula is C24H28N4O4S. The second-order valence-electron chi connectivity index (χ2n) is 8.17. The molecule has 1 amide bonds. The number of aromatic nitrogens is 2. The van der Waals surface area contributed by atoms with Crippen molar-refractivity contribution in [2.24, 2.45) is 0 Å². The third kappa shape index (κ3) is 4.84. The molecule has 0 radical (unpaired) electrons. The van der Waals surface area contributed by atoms with Crippen LogP contribution in [-0.2, 0) is 15.1 Å². The molecule has 0 atom stereocenters. The van der Waals surface area contributed by atoms with E-state index in [9.17, 15) is 9.59 Å². The van der Waals surface area contributed by atoms with E-state index in [1.807, 2.05) is 37.3 Å². The van der Waals surface area contributed by atoms with Gasteiger partial charge in [-0.25, -0.2) is 4.79 Å². The van der Waals surface area contributed by atoms with E-state index in [-0.39, 0.29) is 19.1 Å². The molecule has 2 aromatic heterocycles. The number of carbonyl (C=O) groups excluding carboxylic acids is 2. The summed E-state index contributed by atoms with van der Waals surface area (Å²) in [6.45, 7) is 5.72. The van der Waals surface area contributed by atoms with E-state index in [4.69, 9.17) is 9.26 Å². The summed E-state index contributed by atoms with van der Waals surface area (Å²) in [5.74, 6) is 0.416. The lowest BCUT2D eigenvalue weighted by atomic mass is 9.96. The van der Waals surface area contributed by atoms with Gasteiger partial charge in [-0.3, -0.25) is 10.1 Å². The number of carbonyl (C=O) groups is 2. The SMILES string of the molecule is CCOC(=O)c1c(NC(=O)CNC2(c3noc(C)n3)CCCC2)sc(-c2ccccc2)c1C. The fourth-order valence-corrected chi connectivity index (χ4v) is 5.50. The number of nitrogens with zero attached hydrogens (tertiary/aromatic N) is 2. The van der Waals surface area contributed by atoms with Gasteiger partial charge < -0.3 is 14.6 Å². The van der Waals surface area contributed by atoms with Crippen molar-refractivity contribution < 1.29 is 18.8 Å². The van der Waals surface area contributed by atoms with E-state index in [0.29, 0.717) is 22.3 Å². The largest absolute Gasteiger partial charge is 0.462 e. The van der Waals surface area contributed by atoms with Crippen LogP contribution < -0.4 is 10.6 Å². The minimum absolute atomic E-state index is 0.0630. The fourth-order valence-electron chi connectivity index (χ4n) is 4.29. The van der Waals surface area contributed by atoms with Gasteiger partial charge >= 0.3 is 5.97 Å². The smallest absolute Gasteiger partial charge is 0.341 e. The topological polar surface area (TPSA) is 106 Å². The lowest BCUT2D eigenvalue weighted by molar-refractivity contribution is -0.115. The average Bonchev–Trinajstić information content (AvgIpc) is 3.53. The average molecular weight is 469 g/mol. The third-order valence-corrected chi connectivity index (χ3v) is 7.17. The lowest BCUT2D eigenvalue weighted by Crippen LogP contribution is -2.44. The molecule has 1 saturated carbocycles. The van der Waals surface area contributed by atoms with Gasteiger partial charge in [0.2, 0.25) is 11.8 Å². The molecule has 0 unspecified atom stereocenters. The molecule has 2 heterocycles. The molecule has 33 heavy (non-hydrogen) atoms. The summed E-state index contributed by atoms with van der Waals surface area (Å²) in [5.41, 5.74) is 1.71. The first kappa shape index (κ1) is 23.1. The minimum atomic E-state index is -0.473. The van der Waals surface area contributed by atoms with E-state index in [1.165, 1.54) is 11.3 Å². The first-order valence-corrected chi connectivity index (χ1v) is 12.0. The highest BCUT2D eigenvalue weighted by Gasteiger charge is 2.40. The molecule has 4 rings (SSSR count). The Morgan fingerprint density at radius 2 is 1.91 bits per heavy atom. The number of thiophene rings is 1. The van der Waals surface area contributed by atoms with Crippen LogP contribution in [0, 0.1) is 13.8 Å². The molecular weight excluding hydrogens is 440 g/mol. The van der Waals surface area contributed by atoms with Crippen LogP contribution in [0.25, 0.3) is 10.4 Å². The molecule has 1 aromatic carbocycles. The molecule has 1 fully saturated rings. The number of esters is 1. The molecule has 1 aliphatic rings. The van der Waals surface area contributed by atoms with Gasteiger partial charge in [-0.15, -0.1) is 11.3 Å². The number of benzene rings is 1. The van der Waals surface area contributed by atoms with Crippen molar-refractivity contribution in [1.82, 2.24) is 15.5 Å². The Kier molecular flexibility index (Phi) is 6.90. The highest BCUT2D eigenvalue weighted by molar-refractivity contribution is 7.20. The third-order valence-electron chi connectivity index (χ3n) is 5.92. The quantitative estimate of drug-likeness (QED) is 0.466. The molecule has 0 saturated heterocycles. The summed E-state index contributed by atoms with van der Waals surface area (Å²) < 4.78 is 10.4. The van der Waals surface area contributed by atoms with E-state index < -0.39 is 11.5 Å². The number of hydrogen-bond donors (Lipinski definition) is 2. The number of ether oxygens (including phenoxy) is 1. The Balaban J connectivity index is 1.55.